The van der Waals surface area contributed by atoms with Gasteiger partial charge in [-0.15, -0.1) is 0 Å². The number of benzene rings is 3. The van der Waals surface area contributed by atoms with Crippen LogP contribution >= 0.6 is 22.6 Å². The van der Waals surface area contributed by atoms with Gasteiger partial charge in [-0.2, -0.15) is 0 Å². The van der Waals surface area contributed by atoms with E-state index in [1.165, 1.54) is 12.1 Å². The molecule has 0 saturated carbocycles. The van der Waals surface area contributed by atoms with E-state index in [4.69, 9.17) is 0 Å². The van der Waals surface area contributed by atoms with Gasteiger partial charge >= 0.3 is 0 Å². The van der Waals surface area contributed by atoms with Crippen LogP contribution in [-0.2, 0) is 19.5 Å². The number of hydrogen-bond donors (Lipinski definition) is 1. The van der Waals surface area contributed by atoms with Crippen LogP contribution in [0.1, 0.15) is 21.5 Å². The fraction of sp³-hybridized carbons (Fsp3) is 0.120. The standard InChI is InChI=1S/C25H20IN3O4/c26-20-9-5-17(6-10-20)13-14-28-23-4-2-1-3-19(23)15-22(25(28)31)24(30)27-16-18-7-11-21(12-8-18)29(32)33/h1-12,15H,13-14,16H2,(H,27,30). The normalized spacial score (nSPS) is 10.8. The number of para-hydroxylation sites is 1. The lowest BCUT2D eigenvalue weighted by atomic mass is 10.1. The SMILES string of the molecule is O=C(NCc1ccc([N+](=O)[O-])cc1)c1cc2ccccc2n(CCc2ccc(I)cc2)c1=O. The minimum atomic E-state index is -0.480. The third-order valence-corrected chi connectivity index (χ3v) is 6.10. The van der Waals surface area contributed by atoms with E-state index in [-0.39, 0.29) is 23.4 Å². The van der Waals surface area contributed by atoms with Gasteiger partial charge in [0.25, 0.3) is 17.2 Å². The zero-order chi connectivity index (χ0) is 23.4. The molecule has 1 heterocycles. The Morgan fingerprint density at radius 2 is 1.64 bits per heavy atom. The summed E-state index contributed by atoms with van der Waals surface area (Å²) >= 11 is 2.25. The third kappa shape index (κ3) is 5.28. The van der Waals surface area contributed by atoms with Crippen molar-refractivity contribution in [1.29, 1.82) is 0 Å². The maximum atomic E-state index is 13.3. The van der Waals surface area contributed by atoms with Gasteiger partial charge in [-0.3, -0.25) is 19.7 Å². The zero-order valence-electron chi connectivity index (χ0n) is 17.5. The molecule has 4 rings (SSSR count). The maximum Gasteiger partial charge on any atom is 0.269 e. The number of carbonyl (C=O) groups excluding carboxylic acids is 1. The minimum absolute atomic E-state index is 0.0179. The van der Waals surface area contributed by atoms with Gasteiger partial charge in [-0.1, -0.05) is 42.5 Å². The summed E-state index contributed by atoms with van der Waals surface area (Å²) in [7, 11) is 0. The van der Waals surface area contributed by atoms with Gasteiger partial charge in [-0.05, 0) is 69.8 Å². The van der Waals surface area contributed by atoms with E-state index < -0.39 is 10.8 Å². The van der Waals surface area contributed by atoms with Crippen LogP contribution in [0.25, 0.3) is 10.9 Å². The zero-order valence-corrected chi connectivity index (χ0v) is 19.7. The highest BCUT2D eigenvalue weighted by Crippen LogP contribution is 2.16. The summed E-state index contributed by atoms with van der Waals surface area (Å²) in [6.07, 6.45) is 0.661. The molecule has 3 aromatic carbocycles. The number of nitro benzene ring substituents is 1. The number of aryl methyl sites for hydroxylation is 2. The smallest absolute Gasteiger partial charge is 0.269 e. The van der Waals surface area contributed by atoms with Crippen molar-refractivity contribution in [2.24, 2.45) is 0 Å². The number of halogens is 1. The Morgan fingerprint density at radius 3 is 2.33 bits per heavy atom. The van der Waals surface area contributed by atoms with E-state index in [0.29, 0.717) is 18.5 Å². The van der Waals surface area contributed by atoms with Crippen LogP contribution < -0.4 is 10.9 Å². The highest BCUT2D eigenvalue weighted by Gasteiger charge is 2.16. The number of nitrogens with one attached hydrogen (secondary N) is 1. The van der Waals surface area contributed by atoms with E-state index in [9.17, 15) is 19.7 Å². The quantitative estimate of drug-likeness (QED) is 0.204. The average Bonchev–Trinajstić information content (AvgIpc) is 2.83. The molecule has 0 unspecified atom stereocenters. The van der Waals surface area contributed by atoms with Crippen molar-refractivity contribution in [3.63, 3.8) is 0 Å². The predicted molar refractivity (Wildman–Crippen MR) is 135 cm³/mol. The molecular formula is C25H20IN3O4. The van der Waals surface area contributed by atoms with Crippen LogP contribution in [0.2, 0.25) is 0 Å². The molecule has 0 spiro atoms. The molecule has 1 aromatic heterocycles. The van der Waals surface area contributed by atoms with Crippen molar-refractivity contribution < 1.29 is 9.72 Å². The summed E-state index contributed by atoms with van der Waals surface area (Å²) in [6.45, 7) is 0.606. The molecule has 0 saturated heterocycles. The van der Waals surface area contributed by atoms with Gasteiger partial charge < -0.3 is 9.88 Å². The number of carbonyl (C=O) groups is 1. The number of nitrogens with zero attached hydrogens (tertiary/aromatic N) is 2. The fourth-order valence-electron chi connectivity index (χ4n) is 3.62. The van der Waals surface area contributed by atoms with E-state index in [2.05, 4.69) is 27.9 Å². The Balaban J connectivity index is 1.58. The van der Waals surface area contributed by atoms with Crippen LogP contribution in [-0.4, -0.2) is 15.4 Å². The Kier molecular flexibility index (Phi) is 6.83. The molecule has 166 valence electrons. The summed E-state index contributed by atoms with van der Waals surface area (Å²) in [5.74, 6) is -0.480. The molecule has 8 heteroatoms. The molecule has 33 heavy (non-hydrogen) atoms. The second-order valence-electron chi connectivity index (χ2n) is 7.56. The van der Waals surface area contributed by atoms with Gasteiger partial charge in [0, 0.05) is 28.8 Å². The van der Waals surface area contributed by atoms with Crippen LogP contribution in [0.4, 0.5) is 5.69 Å². The summed E-state index contributed by atoms with van der Waals surface area (Å²) < 4.78 is 2.79. The number of nitro groups is 1. The molecule has 1 N–H and O–H groups in total. The first kappa shape index (κ1) is 22.7. The van der Waals surface area contributed by atoms with Crippen molar-refractivity contribution >= 4 is 45.1 Å². The van der Waals surface area contributed by atoms with Crippen LogP contribution in [0.5, 0.6) is 0 Å². The summed E-state index contributed by atoms with van der Waals surface area (Å²) in [5, 5.41) is 14.4. The first-order valence-corrected chi connectivity index (χ1v) is 11.4. The van der Waals surface area contributed by atoms with Gasteiger partial charge in [0.2, 0.25) is 0 Å². The monoisotopic (exact) mass is 553 g/mol. The molecule has 4 aromatic rings. The second kappa shape index (κ2) is 9.95. The van der Waals surface area contributed by atoms with Crippen LogP contribution in [0.15, 0.2) is 83.7 Å². The lowest BCUT2D eigenvalue weighted by Gasteiger charge is -2.13. The Labute approximate surface area is 203 Å². The number of non-ortho nitro benzene ring substituents is 1. The Bertz CT molecular complexity index is 1380. The number of fused-ring (bicyclic) bond motifs is 1. The number of pyridine rings is 1. The first-order chi connectivity index (χ1) is 15.9. The predicted octanol–water partition coefficient (Wildman–Crippen LogP) is 4.69. The molecule has 0 bridgehead atoms. The van der Waals surface area contributed by atoms with E-state index >= 15 is 0 Å². The number of rotatable bonds is 7. The molecule has 0 fully saturated rings. The maximum absolute atomic E-state index is 13.3. The molecular weight excluding hydrogens is 533 g/mol. The molecule has 0 atom stereocenters. The van der Waals surface area contributed by atoms with Crippen molar-refractivity contribution in [3.8, 4) is 0 Å². The Hall–Kier alpha value is -3.53. The first-order valence-electron chi connectivity index (χ1n) is 10.3. The molecule has 0 aliphatic heterocycles. The largest absolute Gasteiger partial charge is 0.348 e. The molecule has 1 amide bonds. The highest BCUT2D eigenvalue weighted by atomic mass is 127. The van der Waals surface area contributed by atoms with Crippen LogP contribution in [0, 0.1) is 13.7 Å². The average molecular weight is 553 g/mol. The van der Waals surface area contributed by atoms with Gasteiger partial charge in [0.05, 0.1) is 10.4 Å². The number of amides is 1. The fourth-order valence-corrected chi connectivity index (χ4v) is 3.98. The van der Waals surface area contributed by atoms with E-state index in [0.717, 1.165) is 20.0 Å². The summed E-state index contributed by atoms with van der Waals surface area (Å²) in [5.41, 5.74) is 2.29. The molecule has 0 aliphatic carbocycles. The minimum Gasteiger partial charge on any atom is -0.348 e. The van der Waals surface area contributed by atoms with Gasteiger partial charge in [0.15, 0.2) is 0 Å². The Morgan fingerprint density at radius 1 is 0.970 bits per heavy atom. The topological polar surface area (TPSA) is 94.2 Å². The van der Waals surface area contributed by atoms with E-state index in [1.54, 1.807) is 22.8 Å². The summed E-state index contributed by atoms with van der Waals surface area (Å²) in [4.78, 5) is 36.5. The second-order valence-corrected chi connectivity index (χ2v) is 8.80. The van der Waals surface area contributed by atoms with Crippen molar-refractivity contribution in [2.45, 2.75) is 19.5 Å². The molecule has 7 nitrogen and oxygen atoms in total. The van der Waals surface area contributed by atoms with Crippen LogP contribution in [0.3, 0.4) is 0 Å². The number of hydrogen-bond acceptors (Lipinski definition) is 4. The summed E-state index contributed by atoms with van der Waals surface area (Å²) in [6, 6.07) is 23.2. The lowest BCUT2D eigenvalue weighted by molar-refractivity contribution is -0.384. The molecule has 0 aliphatic rings. The van der Waals surface area contributed by atoms with Crippen molar-refractivity contribution in [3.05, 3.63) is 120 Å². The van der Waals surface area contributed by atoms with Gasteiger partial charge in [-0.25, -0.2) is 0 Å². The lowest BCUT2D eigenvalue weighted by Crippen LogP contribution is -2.33. The van der Waals surface area contributed by atoms with Gasteiger partial charge in [0.1, 0.15) is 5.56 Å². The van der Waals surface area contributed by atoms with Crippen molar-refractivity contribution in [1.82, 2.24) is 9.88 Å². The number of aromatic nitrogens is 1. The highest BCUT2D eigenvalue weighted by molar-refractivity contribution is 14.1. The van der Waals surface area contributed by atoms with Crippen molar-refractivity contribution in [2.75, 3.05) is 0 Å². The van der Waals surface area contributed by atoms with E-state index in [1.807, 2.05) is 48.5 Å². The molecule has 0 radical (unpaired) electrons. The third-order valence-electron chi connectivity index (χ3n) is 5.39.